The van der Waals surface area contributed by atoms with Crippen LogP contribution in [0.3, 0.4) is 0 Å². The van der Waals surface area contributed by atoms with Gasteiger partial charge < -0.3 is 4.90 Å². The fraction of sp³-hybridized carbons (Fsp3) is 1.00. The lowest BCUT2D eigenvalue weighted by molar-refractivity contribution is 0.314. The maximum Gasteiger partial charge on any atom is -0.00222 e. The van der Waals surface area contributed by atoms with Crippen LogP contribution < -0.4 is 0 Å². The van der Waals surface area contributed by atoms with E-state index in [-0.39, 0.29) is 0 Å². The highest BCUT2D eigenvalue weighted by molar-refractivity contribution is 4.63. The Morgan fingerprint density at radius 1 is 0.308 bits per heavy atom. The Labute approximate surface area is 250 Å². The van der Waals surface area contributed by atoms with Crippen LogP contribution in [-0.4, -0.2) is 25.5 Å². The van der Waals surface area contributed by atoms with Crippen molar-refractivity contribution >= 4 is 0 Å². The molecule has 1 atom stereocenters. The summed E-state index contributed by atoms with van der Waals surface area (Å²) in [5.74, 6) is 0.978. The molecule has 0 spiro atoms. The summed E-state index contributed by atoms with van der Waals surface area (Å²) in [6, 6.07) is 0. The zero-order chi connectivity index (χ0) is 28.5. The molecule has 0 aliphatic carbocycles. The first-order chi connectivity index (χ1) is 19.2. The molecule has 0 aliphatic rings. The van der Waals surface area contributed by atoms with Crippen LogP contribution in [0, 0.1) is 5.92 Å². The fourth-order valence-corrected chi connectivity index (χ4v) is 6.31. The molecule has 0 heterocycles. The summed E-state index contributed by atoms with van der Waals surface area (Å²) in [6.07, 6.45) is 47.1. The van der Waals surface area contributed by atoms with Gasteiger partial charge in [0.2, 0.25) is 0 Å². The first-order valence-electron chi connectivity index (χ1n) is 18.8. The minimum atomic E-state index is 0.978. The van der Waals surface area contributed by atoms with E-state index in [0.29, 0.717) is 0 Å². The van der Waals surface area contributed by atoms with Crippen molar-refractivity contribution in [1.82, 2.24) is 4.90 Å². The second-order valence-corrected chi connectivity index (χ2v) is 13.6. The molecule has 0 aromatic rings. The van der Waals surface area contributed by atoms with Crippen LogP contribution in [-0.2, 0) is 0 Å². The molecule has 236 valence electrons. The van der Waals surface area contributed by atoms with Crippen molar-refractivity contribution in [3.8, 4) is 0 Å². The van der Waals surface area contributed by atoms with Gasteiger partial charge in [-0.3, -0.25) is 0 Å². The highest BCUT2D eigenvalue weighted by Gasteiger charge is 2.09. The van der Waals surface area contributed by atoms with Crippen LogP contribution in [0.15, 0.2) is 0 Å². The van der Waals surface area contributed by atoms with Gasteiger partial charge in [-0.05, 0) is 33.0 Å². The summed E-state index contributed by atoms with van der Waals surface area (Å²) < 4.78 is 0. The first-order valence-corrected chi connectivity index (χ1v) is 18.8. The Hall–Kier alpha value is -0.0400. The highest BCUT2D eigenvalue weighted by atomic mass is 15.0. The zero-order valence-electron chi connectivity index (χ0n) is 28.4. The Morgan fingerprint density at radius 2 is 0.538 bits per heavy atom. The number of hydrogen-bond donors (Lipinski definition) is 0. The Morgan fingerprint density at radius 3 is 0.769 bits per heavy atom. The average molecular weight is 550 g/mol. The lowest BCUT2D eigenvalue weighted by Gasteiger charge is -2.19. The molecule has 0 bridgehead atoms. The second kappa shape index (κ2) is 34.2. The monoisotopic (exact) mass is 550 g/mol. The van der Waals surface area contributed by atoms with E-state index >= 15 is 0 Å². The largest absolute Gasteiger partial charge is 0.309 e. The Kier molecular flexibility index (Phi) is 34.1. The number of hydrogen-bond acceptors (Lipinski definition) is 1. The molecule has 0 fully saturated rings. The summed E-state index contributed by atoms with van der Waals surface area (Å²) in [4.78, 5) is 2.39. The Balaban J connectivity index is 3.56. The lowest BCUT2D eigenvalue weighted by atomic mass is 9.91. The topological polar surface area (TPSA) is 3.24 Å². The van der Waals surface area contributed by atoms with Gasteiger partial charge in [-0.15, -0.1) is 0 Å². The molecule has 0 aromatic heterocycles. The van der Waals surface area contributed by atoms with E-state index in [1.54, 1.807) is 0 Å². The van der Waals surface area contributed by atoms with Crippen LogP contribution >= 0.6 is 0 Å². The van der Waals surface area contributed by atoms with E-state index in [1.165, 1.54) is 212 Å². The molecule has 1 heteroatoms. The molecule has 0 saturated heterocycles. The normalized spacial score (nSPS) is 12.5. The van der Waals surface area contributed by atoms with Crippen molar-refractivity contribution in [3.63, 3.8) is 0 Å². The van der Waals surface area contributed by atoms with Gasteiger partial charge in [0.25, 0.3) is 0 Å². The van der Waals surface area contributed by atoms with Gasteiger partial charge in [-0.2, -0.15) is 0 Å². The molecule has 0 aromatic carbocycles. The maximum absolute atomic E-state index is 2.39. The molecule has 1 unspecified atom stereocenters. The van der Waals surface area contributed by atoms with Crippen molar-refractivity contribution in [2.45, 2.75) is 219 Å². The molecule has 0 rings (SSSR count). The van der Waals surface area contributed by atoms with Crippen molar-refractivity contribution in [2.75, 3.05) is 20.6 Å². The third kappa shape index (κ3) is 34.1. The smallest absolute Gasteiger partial charge is 0.00222 e. The fourth-order valence-electron chi connectivity index (χ4n) is 6.31. The third-order valence-corrected chi connectivity index (χ3v) is 9.17. The van der Waals surface area contributed by atoms with Crippen molar-refractivity contribution < 1.29 is 0 Å². The molecule has 0 saturated carbocycles. The van der Waals surface area contributed by atoms with E-state index in [1.807, 2.05) is 0 Å². The minimum Gasteiger partial charge on any atom is -0.309 e. The van der Waals surface area contributed by atoms with Crippen molar-refractivity contribution in [2.24, 2.45) is 5.92 Å². The SMILES string of the molecule is CCCCCCCCCCCCCCCCCC(CCCCCCCCCCCCCCCC)CCN(C)C. The molecule has 0 radical (unpaired) electrons. The predicted octanol–water partition coefficient (Wildman–Crippen LogP) is 13.7. The predicted molar refractivity (Wildman–Crippen MR) is 181 cm³/mol. The standard InChI is InChI=1S/C38H79N/c1-5-7-9-11-13-15-17-19-21-23-25-27-29-31-33-35-38(36-37-39(3)4)34-32-30-28-26-24-22-20-18-16-14-12-10-8-6-2/h38H,5-37H2,1-4H3. The summed E-state index contributed by atoms with van der Waals surface area (Å²) in [7, 11) is 4.49. The van der Waals surface area contributed by atoms with E-state index in [4.69, 9.17) is 0 Å². The van der Waals surface area contributed by atoms with Crippen LogP contribution in [0.25, 0.3) is 0 Å². The maximum atomic E-state index is 2.39. The van der Waals surface area contributed by atoms with Gasteiger partial charge in [-0.25, -0.2) is 0 Å². The second-order valence-electron chi connectivity index (χ2n) is 13.6. The van der Waals surface area contributed by atoms with E-state index in [2.05, 4.69) is 32.8 Å². The molecule has 39 heavy (non-hydrogen) atoms. The quantitative estimate of drug-likeness (QED) is 0.0721. The van der Waals surface area contributed by atoms with Gasteiger partial charge in [-0.1, -0.05) is 213 Å². The Bertz CT molecular complexity index is 417. The summed E-state index contributed by atoms with van der Waals surface area (Å²) in [5, 5.41) is 0. The van der Waals surface area contributed by atoms with Gasteiger partial charge in [0, 0.05) is 0 Å². The highest BCUT2D eigenvalue weighted by Crippen LogP contribution is 2.23. The number of unbranched alkanes of at least 4 members (excludes halogenated alkanes) is 27. The van der Waals surface area contributed by atoms with Crippen LogP contribution in [0.1, 0.15) is 219 Å². The molecule has 0 N–H and O–H groups in total. The van der Waals surface area contributed by atoms with E-state index in [9.17, 15) is 0 Å². The van der Waals surface area contributed by atoms with E-state index < -0.39 is 0 Å². The van der Waals surface area contributed by atoms with E-state index in [0.717, 1.165) is 5.92 Å². The summed E-state index contributed by atoms with van der Waals surface area (Å²) in [5.41, 5.74) is 0. The molecule has 0 aliphatic heterocycles. The number of nitrogens with zero attached hydrogens (tertiary/aromatic N) is 1. The minimum absolute atomic E-state index is 0.978. The van der Waals surface area contributed by atoms with Crippen LogP contribution in [0.2, 0.25) is 0 Å². The lowest BCUT2D eigenvalue weighted by Crippen LogP contribution is -2.17. The molecule has 0 amide bonds. The first kappa shape index (κ1) is 39.0. The molecular weight excluding hydrogens is 470 g/mol. The van der Waals surface area contributed by atoms with Gasteiger partial charge >= 0.3 is 0 Å². The van der Waals surface area contributed by atoms with Gasteiger partial charge in [0.1, 0.15) is 0 Å². The average Bonchev–Trinajstić information content (AvgIpc) is 2.93. The summed E-state index contributed by atoms with van der Waals surface area (Å²) in [6.45, 7) is 5.90. The van der Waals surface area contributed by atoms with Crippen LogP contribution in [0.4, 0.5) is 0 Å². The van der Waals surface area contributed by atoms with Crippen molar-refractivity contribution in [1.29, 1.82) is 0 Å². The molecule has 1 nitrogen and oxygen atoms in total. The number of rotatable bonds is 34. The van der Waals surface area contributed by atoms with Gasteiger partial charge in [0.15, 0.2) is 0 Å². The zero-order valence-corrected chi connectivity index (χ0v) is 28.4. The third-order valence-electron chi connectivity index (χ3n) is 9.17. The molecular formula is C38H79N. The van der Waals surface area contributed by atoms with Gasteiger partial charge in [0.05, 0.1) is 0 Å². The summed E-state index contributed by atoms with van der Waals surface area (Å²) >= 11 is 0. The van der Waals surface area contributed by atoms with Crippen molar-refractivity contribution in [3.05, 3.63) is 0 Å². The van der Waals surface area contributed by atoms with Crippen LogP contribution in [0.5, 0.6) is 0 Å².